The summed E-state index contributed by atoms with van der Waals surface area (Å²) in [6, 6.07) is 6.29. The molecule has 0 bridgehead atoms. The van der Waals surface area contributed by atoms with Gasteiger partial charge in [0, 0.05) is 23.0 Å². The summed E-state index contributed by atoms with van der Waals surface area (Å²) < 4.78 is 5.65. The molecule has 0 amide bonds. The summed E-state index contributed by atoms with van der Waals surface area (Å²) >= 11 is 6.06. The van der Waals surface area contributed by atoms with Crippen molar-refractivity contribution in [1.29, 1.82) is 0 Å². The Hall–Kier alpha value is -0.730. The second kappa shape index (κ2) is 7.01. The maximum Gasteiger partial charge on any atom is 0.124 e. The van der Waals surface area contributed by atoms with Gasteiger partial charge in [-0.25, -0.2) is 0 Å². The van der Waals surface area contributed by atoms with E-state index in [4.69, 9.17) is 16.3 Å². The molecule has 100 valence electrons. The molecule has 0 fully saturated rings. The molecular formula is C15H22ClNO. The Labute approximate surface area is 115 Å². The lowest BCUT2D eigenvalue weighted by Gasteiger charge is -2.27. The summed E-state index contributed by atoms with van der Waals surface area (Å²) in [5.74, 6) is 0.983. The van der Waals surface area contributed by atoms with Gasteiger partial charge in [0.25, 0.3) is 0 Å². The number of fused-ring (bicyclic) bond motifs is 1. The zero-order valence-electron chi connectivity index (χ0n) is 11.0. The topological polar surface area (TPSA) is 21.3 Å². The normalized spacial score (nSPS) is 18.2. The molecule has 1 aliphatic rings. The van der Waals surface area contributed by atoms with Crippen molar-refractivity contribution in [3.63, 3.8) is 0 Å². The zero-order chi connectivity index (χ0) is 12.8. The molecule has 3 heteroatoms. The van der Waals surface area contributed by atoms with Crippen LogP contribution in [0.15, 0.2) is 18.2 Å². The number of hydrogen-bond acceptors (Lipinski definition) is 2. The average molecular weight is 268 g/mol. The number of halogens is 1. The lowest BCUT2D eigenvalue weighted by Crippen LogP contribution is -2.27. The molecule has 2 rings (SSSR count). The molecule has 0 spiro atoms. The number of benzene rings is 1. The highest BCUT2D eigenvalue weighted by Crippen LogP contribution is 2.33. The highest BCUT2D eigenvalue weighted by molar-refractivity contribution is 6.30. The predicted molar refractivity (Wildman–Crippen MR) is 76.4 cm³/mol. The van der Waals surface area contributed by atoms with Crippen molar-refractivity contribution < 1.29 is 4.74 Å². The van der Waals surface area contributed by atoms with E-state index in [2.05, 4.69) is 12.2 Å². The van der Waals surface area contributed by atoms with Crippen molar-refractivity contribution in [3.05, 3.63) is 28.8 Å². The third kappa shape index (κ3) is 3.63. The Morgan fingerprint density at radius 2 is 2.22 bits per heavy atom. The molecule has 1 heterocycles. The number of nitrogens with one attached hydrogen (secondary N) is 1. The Morgan fingerprint density at radius 3 is 3.06 bits per heavy atom. The first-order valence-electron chi connectivity index (χ1n) is 6.97. The van der Waals surface area contributed by atoms with E-state index < -0.39 is 0 Å². The summed E-state index contributed by atoms with van der Waals surface area (Å²) in [4.78, 5) is 0. The van der Waals surface area contributed by atoms with E-state index in [1.165, 1.54) is 31.2 Å². The highest BCUT2D eigenvalue weighted by Gasteiger charge is 2.20. The van der Waals surface area contributed by atoms with Gasteiger partial charge in [0.05, 0.1) is 6.61 Å². The lowest BCUT2D eigenvalue weighted by atomic mass is 10.0. The third-order valence-corrected chi connectivity index (χ3v) is 3.67. The van der Waals surface area contributed by atoms with Gasteiger partial charge >= 0.3 is 0 Å². The summed E-state index contributed by atoms with van der Waals surface area (Å²) in [6.45, 7) is 4.11. The van der Waals surface area contributed by atoms with Crippen molar-refractivity contribution in [2.45, 2.75) is 45.1 Å². The van der Waals surface area contributed by atoms with E-state index in [1.54, 1.807) is 0 Å². The molecule has 0 saturated carbocycles. The van der Waals surface area contributed by atoms with Crippen molar-refractivity contribution in [2.24, 2.45) is 0 Å². The summed E-state index contributed by atoms with van der Waals surface area (Å²) in [5, 5.41) is 4.41. The molecule has 2 nitrogen and oxygen atoms in total. The first kappa shape index (κ1) is 13.7. The van der Waals surface area contributed by atoms with Gasteiger partial charge in [-0.1, -0.05) is 37.8 Å². The molecule has 18 heavy (non-hydrogen) atoms. The van der Waals surface area contributed by atoms with Crippen molar-refractivity contribution in [2.75, 3.05) is 13.2 Å². The first-order chi connectivity index (χ1) is 8.81. The summed E-state index contributed by atoms with van der Waals surface area (Å²) in [6.07, 6.45) is 6.21. The van der Waals surface area contributed by atoms with Crippen LogP contribution in [0.5, 0.6) is 5.75 Å². The molecule has 0 aliphatic carbocycles. The quantitative estimate of drug-likeness (QED) is 0.775. The summed E-state index contributed by atoms with van der Waals surface area (Å²) in [5.41, 5.74) is 1.21. The molecule has 1 aromatic rings. The molecule has 1 atom stereocenters. The van der Waals surface area contributed by atoms with Gasteiger partial charge in [-0.05, 0) is 31.2 Å². The van der Waals surface area contributed by atoms with Crippen molar-refractivity contribution in [1.82, 2.24) is 5.32 Å². The second-order valence-electron chi connectivity index (χ2n) is 4.89. The standard InChI is InChI=1S/C15H22ClNO/c1-2-3-4-5-9-17-14-8-10-18-15-7-6-12(16)11-13(14)15/h6-7,11,14,17H,2-5,8-10H2,1H3. The number of unbranched alkanes of at least 4 members (excludes halogenated alkanes) is 3. The minimum atomic E-state index is 0.397. The fraction of sp³-hybridized carbons (Fsp3) is 0.600. The minimum absolute atomic E-state index is 0.397. The van der Waals surface area contributed by atoms with Crippen LogP contribution in [0.1, 0.15) is 50.6 Å². The Morgan fingerprint density at radius 1 is 1.33 bits per heavy atom. The molecule has 0 radical (unpaired) electrons. The lowest BCUT2D eigenvalue weighted by molar-refractivity contribution is 0.252. The monoisotopic (exact) mass is 267 g/mol. The molecule has 0 saturated heterocycles. The molecule has 1 N–H and O–H groups in total. The van der Waals surface area contributed by atoms with Gasteiger partial charge in [0.1, 0.15) is 5.75 Å². The van der Waals surface area contributed by atoms with E-state index in [0.717, 1.165) is 30.3 Å². The van der Waals surface area contributed by atoms with Crippen LogP contribution in [0.4, 0.5) is 0 Å². The number of rotatable bonds is 6. The SMILES string of the molecule is CCCCCCNC1CCOc2ccc(Cl)cc21. The van der Waals surface area contributed by atoms with Crippen LogP contribution >= 0.6 is 11.6 Å². The Bertz CT molecular complexity index is 381. The number of ether oxygens (including phenoxy) is 1. The van der Waals surface area contributed by atoms with Crippen LogP contribution < -0.4 is 10.1 Å². The third-order valence-electron chi connectivity index (χ3n) is 3.43. The smallest absolute Gasteiger partial charge is 0.124 e. The maximum absolute atomic E-state index is 6.06. The van der Waals surface area contributed by atoms with Crippen LogP contribution in [0.2, 0.25) is 5.02 Å². The van der Waals surface area contributed by atoms with Gasteiger partial charge in [0.15, 0.2) is 0 Å². The molecule has 1 unspecified atom stereocenters. The van der Waals surface area contributed by atoms with Crippen LogP contribution in [0, 0.1) is 0 Å². The first-order valence-corrected chi connectivity index (χ1v) is 7.34. The van der Waals surface area contributed by atoms with E-state index >= 15 is 0 Å². The average Bonchev–Trinajstić information content (AvgIpc) is 2.39. The molecule has 0 aromatic heterocycles. The fourth-order valence-corrected chi connectivity index (χ4v) is 2.59. The molecular weight excluding hydrogens is 246 g/mol. The van der Waals surface area contributed by atoms with E-state index in [0.29, 0.717) is 6.04 Å². The van der Waals surface area contributed by atoms with Gasteiger partial charge in [-0.3, -0.25) is 0 Å². The van der Waals surface area contributed by atoms with E-state index in [9.17, 15) is 0 Å². The predicted octanol–water partition coefficient (Wildman–Crippen LogP) is 4.33. The van der Waals surface area contributed by atoms with Crippen LogP contribution in [0.25, 0.3) is 0 Å². The Kier molecular flexibility index (Phi) is 5.33. The van der Waals surface area contributed by atoms with Gasteiger partial charge < -0.3 is 10.1 Å². The zero-order valence-corrected chi connectivity index (χ0v) is 11.8. The number of hydrogen-bond donors (Lipinski definition) is 1. The maximum atomic E-state index is 6.06. The van der Waals surface area contributed by atoms with Crippen LogP contribution in [-0.4, -0.2) is 13.2 Å². The second-order valence-corrected chi connectivity index (χ2v) is 5.32. The molecule has 1 aliphatic heterocycles. The van der Waals surface area contributed by atoms with E-state index in [-0.39, 0.29) is 0 Å². The van der Waals surface area contributed by atoms with Crippen molar-refractivity contribution in [3.8, 4) is 5.75 Å². The largest absolute Gasteiger partial charge is 0.493 e. The van der Waals surface area contributed by atoms with Crippen LogP contribution in [0.3, 0.4) is 0 Å². The minimum Gasteiger partial charge on any atom is -0.493 e. The highest BCUT2D eigenvalue weighted by atomic mass is 35.5. The van der Waals surface area contributed by atoms with Gasteiger partial charge in [0.2, 0.25) is 0 Å². The molecule has 1 aromatic carbocycles. The van der Waals surface area contributed by atoms with Gasteiger partial charge in [-0.2, -0.15) is 0 Å². The fourth-order valence-electron chi connectivity index (χ4n) is 2.41. The van der Waals surface area contributed by atoms with Crippen LogP contribution in [-0.2, 0) is 0 Å². The van der Waals surface area contributed by atoms with Gasteiger partial charge in [-0.15, -0.1) is 0 Å². The summed E-state index contributed by atoms with van der Waals surface area (Å²) in [7, 11) is 0. The van der Waals surface area contributed by atoms with Crippen molar-refractivity contribution >= 4 is 11.6 Å². The Balaban J connectivity index is 1.89. The van der Waals surface area contributed by atoms with E-state index in [1.807, 2.05) is 18.2 Å².